The van der Waals surface area contributed by atoms with Gasteiger partial charge in [-0.3, -0.25) is 0 Å². The molecule has 0 aliphatic rings. The van der Waals surface area contributed by atoms with E-state index in [1.807, 2.05) is 19.9 Å². The number of anilines is 1. The molecule has 0 bridgehead atoms. The Morgan fingerprint density at radius 3 is 2.77 bits per heavy atom. The van der Waals surface area contributed by atoms with Gasteiger partial charge in [0.2, 0.25) is 5.95 Å². The van der Waals surface area contributed by atoms with Gasteiger partial charge in [0.05, 0.1) is 11.1 Å². The van der Waals surface area contributed by atoms with E-state index in [-0.39, 0.29) is 6.10 Å². The van der Waals surface area contributed by atoms with Crippen LogP contribution in [0.4, 0.5) is 5.95 Å². The van der Waals surface area contributed by atoms with E-state index in [2.05, 4.69) is 27.8 Å². The first kappa shape index (κ1) is 16.8. The highest BCUT2D eigenvalue weighted by molar-refractivity contribution is 6.35. The van der Waals surface area contributed by atoms with Gasteiger partial charge in [-0.15, -0.1) is 0 Å². The molecule has 6 nitrogen and oxygen atoms in total. The summed E-state index contributed by atoms with van der Waals surface area (Å²) in [5.74, 6) is 1.23. The van der Waals surface area contributed by atoms with Gasteiger partial charge >= 0.3 is 0 Å². The first-order chi connectivity index (χ1) is 10.5. The summed E-state index contributed by atoms with van der Waals surface area (Å²) in [6.45, 7) is 7.18. The standard InChI is InChI=1S/C14H19Cl2N5O/c1-4-5-21-14(18-19-20-21)17-8-10-6-11(15)7-12(16)13(10)22-9(2)3/h6-7,9H,4-5,8H2,1-3H3,(H,17,18,20). The molecule has 0 amide bonds. The summed E-state index contributed by atoms with van der Waals surface area (Å²) in [5, 5.41) is 15.8. The van der Waals surface area contributed by atoms with E-state index in [0.29, 0.717) is 28.3 Å². The van der Waals surface area contributed by atoms with Crippen LogP contribution in [0.25, 0.3) is 0 Å². The van der Waals surface area contributed by atoms with Crippen molar-refractivity contribution < 1.29 is 4.74 Å². The first-order valence-corrected chi connectivity index (χ1v) is 7.91. The van der Waals surface area contributed by atoms with Crippen LogP contribution in [0.2, 0.25) is 10.0 Å². The Kier molecular flexibility index (Phi) is 5.85. The number of aryl methyl sites for hydroxylation is 1. The van der Waals surface area contributed by atoms with Crippen molar-refractivity contribution in [2.45, 2.75) is 46.4 Å². The average molecular weight is 344 g/mol. The lowest BCUT2D eigenvalue weighted by Crippen LogP contribution is -2.12. The van der Waals surface area contributed by atoms with E-state index < -0.39 is 0 Å². The zero-order valence-electron chi connectivity index (χ0n) is 12.8. The number of nitrogens with one attached hydrogen (secondary N) is 1. The van der Waals surface area contributed by atoms with Gasteiger partial charge in [-0.25, -0.2) is 4.68 Å². The maximum atomic E-state index is 6.24. The quantitative estimate of drug-likeness (QED) is 0.828. The molecular weight excluding hydrogens is 325 g/mol. The van der Waals surface area contributed by atoms with Crippen LogP contribution in [0, 0.1) is 0 Å². The van der Waals surface area contributed by atoms with Crippen molar-refractivity contribution in [1.82, 2.24) is 20.2 Å². The molecule has 22 heavy (non-hydrogen) atoms. The fourth-order valence-corrected chi connectivity index (χ4v) is 2.56. The molecule has 0 aliphatic carbocycles. The van der Waals surface area contributed by atoms with Crippen LogP contribution in [0.15, 0.2) is 12.1 Å². The zero-order valence-corrected chi connectivity index (χ0v) is 14.3. The number of halogens is 2. The molecule has 0 saturated carbocycles. The smallest absolute Gasteiger partial charge is 0.243 e. The number of aromatic nitrogens is 4. The van der Waals surface area contributed by atoms with Crippen molar-refractivity contribution in [3.05, 3.63) is 27.7 Å². The third-order valence-corrected chi connectivity index (χ3v) is 3.34. The Labute approximate surface area is 139 Å². The number of hydrogen-bond acceptors (Lipinski definition) is 5. The first-order valence-electron chi connectivity index (χ1n) is 7.15. The van der Waals surface area contributed by atoms with Crippen LogP contribution in [-0.4, -0.2) is 26.3 Å². The van der Waals surface area contributed by atoms with Crippen LogP contribution in [0.3, 0.4) is 0 Å². The Morgan fingerprint density at radius 2 is 2.09 bits per heavy atom. The second kappa shape index (κ2) is 7.65. The normalized spacial score (nSPS) is 11.0. The summed E-state index contributed by atoms with van der Waals surface area (Å²) in [4.78, 5) is 0. The lowest BCUT2D eigenvalue weighted by Gasteiger charge is -2.17. The van der Waals surface area contributed by atoms with Crippen LogP contribution in [0.1, 0.15) is 32.8 Å². The van der Waals surface area contributed by atoms with Crippen molar-refractivity contribution >= 4 is 29.2 Å². The highest BCUT2D eigenvalue weighted by Gasteiger charge is 2.13. The van der Waals surface area contributed by atoms with Gasteiger partial charge in [0.25, 0.3) is 0 Å². The monoisotopic (exact) mass is 343 g/mol. The summed E-state index contributed by atoms with van der Waals surface area (Å²) < 4.78 is 7.51. The Hall–Kier alpha value is -1.53. The predicted octanol–water partition coefficient (Wildman–Crippen LogP) is 3.79. The highest BCUT2D eigenvalue weighted by Crippen LogP contribution is 2.33. The number of hydrogen-bond donors (Lipinski definition) is 1. The lowest BCUT2D eigenvalue weighted by molar-refractivity contribution is 0.240. The van der Waals surface area contributed by atoms with Gasteiger partial charge < -0.3 is 10.1 Å². The topological polar surface area (TPSA) is 64.9 Å². The minimum atomic E-state index is 0.0165. The number of rotatable bonds is 7. The molecule has 1 N–H and O–H groups in total. The molecule has 0 saturated heterocycles. The third kappa shape index (κ3) is 4.24. The second-order valence-electron chi connectivity index (χ2n) is 5.12. The zero-order chi connectivity index (χ0) is 16.1. The highest BCUT2D eigenvalue weighted by atomic mass is 35.5. The van der Waals surface area contributed by atoms with Gasteiger partial charge in [0, 0.05) is 23.7 Å². The molecule has 0 radical (unpaired) electrons. The maximum Gasteiger partial charge on any atom is 0.243 e. The number of nitrogens with zero attached hydrogens (tertiary/aromatic N) is 4. The SMILES string of the molecule is CCCn1nnnc1NCc1cc(Cl)cc(Cl)c1OC(C)C. The molecule has 0 aliphatic heterocycles. The van der Waals surface area contributed by atoms with E-state index in [9.17, 15) is 0 Å². The van der Waals surface area contributed by atoms with Crippen molar-refractivity contribution in [3.8, 4) is 5.75 Å². The summed E-state index contributed by atoms with van der Waals surface area (Å²) in [7, 11) is 0. The molecule has 8 heteroatoms. The minimum absolute atomic E-state index is 0.0165. The second-order valence-corrected chi connectivity index (χ2v) is 5.97. The minimum Gasteiger partial charge on any atom is -0.489 e. The van der Waals surface area contributed by atoms with Crippen LogP contribution >= 0.6 is 23.2 Å². The lowest BCUT2D eigenvalue weighted by atomic mass is 10.2. The van der Waals surface area contributed by atoms with Gasteiger partial charge in [0.1, 0.15) is 5.75 Å². The van der Waals surface area contributed by atoms with E-state index >= 15 is 0 Å². The summed E-state index contributed by atoms with van der Waals surface area (Å²) in [5.41, 5.74) is 0.859. The Morgan fingerprint density at radius 1 is 1.32 bits per heavy atom. The number of ether oxygens (including phenoxy) is 1. The average Bonchev–Trinajstić information content (AvgIpc) is 2.87. The molecule has 0 fully saturated rings. The van der Waals surface area contributed by atoms with E-state index in [1.165, 1.54) is 0 Å². The Balaban J connectivity index is 2.19. The largest absolute Gasteiger partial charge is 0.489 e. The molecule has 0 atom stereocenters. The molecule has 0 unspecified atom stereocenters. The summed E-state index contributed by atoms with van der Waals surface area (Å²) in [6.07, 6.45) is 0.965. The van der Waals surface area contributed by atoms with Crippen molar-refractivity contribution in [2.24, 2.45) is 0 Å². The fraction of sp³-hybridized carbons (Fsp3) is 0.500. The van der Waals surface area contributed by atoms with Crippen LogP contribution in [0.5, 0.6) is 5.75 Å². The molecule has 1 aromatic heterocycles. The molecule has 2 rings (SSSR count). The summed E-state index contributed by atoms with van der Waals surface area (Å²) in [6, 6.07) is 3.50. The molecule has 120 valence electrons. The molecule has 0 spiro atoms. The maximum absolute atomic E-state index is 6.24. The third-order valence-electron chi connectivity index (χ3n) is 2.84. The van der Waals surface area contributed by atoms with E-state index in [1.54, 1.807) is 10.7 Å². The number of benzene rings is 1. The van der Waals surface area contributed by atoms with E-state index in [4.69, 9.17) is 27.9 Å². The Bertz CT molecular complexity index is 630. The van der Waals surface area contributed by atoms with Gasteiger partial charge in [-0.2, -0.15) is 0 Å². The van der Waals surface area contributed by atoms with E-state index in [0.717, 1.165) is 18.5 Å². The molecular formula is C14H19Cl2N5O. The molecule has 1 aromatic carbocycles. The van der Waals surface area contributed by atoms with Crippen molar-refractivity contribution in [2.75, 3.05) is 5.32 Å². The van der Waals surface area contributed by atoms with Crippen LogP contribution in [-0.2, 0) is 13.1 Å². The van der Waals surface area contributed by atoms with Crippen molar-refractivity contribution in [3.63, 3.8) is 0 Å². The van der Waals surface area contributed by atoms with Gasteiger partial charge in [-0.05, 0) is 42.8 Å². The van der Waals surface area contributed by atoms with Crippen LogP contribution < -0.4 is 10.1 Å². The predicted molar refractivity (Wildman–Crippen MR) is 87.7 cm³/mol. The molecule has 1 heterocycles. The fourth-order valence-electron chi connectivity index (χ4n) is 1.98. The van der Waals surface area contributed by atoms with Gasteiger partial charge in [-0.1, -0.05) is 35.2 Å². The number of tetrazole rings is 1. The summed E-state index contributed by atoms with van der Waals surface area (Å²) >= 11 is 12.3. The molecule has 2 aromatic rings. The van der Waals surface area contributed by atoms with Gasteiger partial charge in [0.15, 0.2) is 0 Å². The van der Waals surface area contributed by atoms with Crippen molar-refractivity contribution in [1.29, 1.82) is 0 Å².